The summed E-state index contributed by atoms with van der Waals surface area (Å²) in [4.78, 5) is 31.2. The number of anilines is 1. The minimum Gasteiger partial charge on any atom is -0.465 e. The number of rotatable bonds is 5. The summed E-state index contributed by atoms with van der Waals surface area (Å²) >= 11 is 4.80. The van der Waals surface area contributed by atoms with Crippen LogP contribution in [0.2, 0.25) is 0 Å². The number of aryl methyl sites for hydroxylation is 1. The molecule has 5 aromatic rings. The van der Waals surface area contributed by atoms with Crippen molar-refractivity contribution in [3.8, 4) is 22.4 Å². The van der Waals surface area contributed by atoms with E-state index >= 15 is 0 Å². The van der Waals surface area contributed by atoms with Crippen LogP contribution in [-0.2, 0) is 4.74 Å². The lowest BCUT2D eigenvalue weighted by Gasteiger charge is -2.11. The molecule has 2 heterocycles. The summed E-state index contributed by atoms with van der Waals surface area (Å²) in [5, 5.41) is 6.00. The summed E-state index contributed by atoms with van der Waals surface area (Å²) in [5.41, 5.74) is 5.80. The molecule has 0 bridgehead atoms. The minimum atomic E-state index is -0.503. The average Bonchev–Trinajstić information content (AvgIpc) is 3.31. The second-order valence-electron chi connectivity index (χ2n) is 8.25. The quantitative estimate of drug-likeness (QED) is 0.225. The number of ether oxygens (including phenoxy) is 1. The predicted octanol–water partition coefficient (Wildman–Crippen LogP) is 7.74. The summed E-state index contributed by atoms with van der Waals surface area (Å²) < 4.78 is 5.99. The van der Waals surface area contributed by atoms with Gasteiger partial charge >= 0.3 is 5.97 Å². The van der Waals surface area contributed by atoms with Gasteiger partial charge in [-0.1, -0.05) is 76.1 Å². The maximum atomic E-state index is 13.6. The Morgan fingerprint density at radius 1 is 0.944 bits per heavy atom. The molecule has 0 atom stereocenters. The number of methoxy groups -OCH3 is 1. The molecule has 0 fully saturated rings. The van der Waals surface area contributed by atoms with Crippen LogP contribution in [0.1, 0.15) is 26.3 Å². The third kappa shape index (κ3) is 4.67. The van der Waals surface area contributed by atoms with Crippen LogP contribution in [0.15, 0.2) is 88.7 Å². The number of nitrogens with zero attached hydrogens (tertiary/aromatic N) is 1. The zero-order chi connectivity index (χ0) is 25.2. The molecule has 2 aromatic heterocycles. The number of hydrogen-bond acceptors (Lipinski definition) is 5. The smallest absolute Gasteiger partial charge is 0.341 e. The number of thiophene rings is 1. The van der Waals surface area contributed by atoms with Crippen LogP contribution >= 0.6 is 27.3 Å². The van der Waals surface area contributed by atoms with E-state index in [0.29, 0.717) is 27.3 Å². The van der Waals surface area contributed by atoms with E-state index in [0.717, 1.165) is 32.1 Å². The molecule has 5 nitrogen and oxygen atoms in total. The number of fused-ring (bicyclic) bond motifs is 1. The first-order valence-corrected chi connectivity index (χ1v) is 12.9. The zero-order valence-electron chi connectivity index (χ0n) is 19.5. The van der Waals surface area contributed by atoms with Gasteiger partial charge in [-0.3, -0.25) is 4.79 Å². The van der Waals surface area contributed by atoms with E-state index in [1.54, 1.807) is 6.07 Å². The number of para-hydroxylation sites is 1. The van der Waals surface area contributed by atoms with Crippen LogP contribution in [0, 0.1) is 6.92 Å². The lowest BCUT2D eigenvalue weighted by molar-refractivity contribution is 0.0603. The lowest BCUT2D eigenvalue weighted by Crippen LogP contribution is -2.15. The maximum absolute atomic E-state index is 13.6. The highest BCUT2D eigenvalue weighted by molar-refractivity contribution is 9.10. The van der Waals surface area contributed by atoms with E-state index in [2.05, 4.69) is 21.2 Å². The number of pyridine rings is 1. The number of carbonyl (C=O) groups excluding carboxylic acids is 2. The van der Waals surface area contributed by atoms with Gasteiger partial charge in [0.2, 0.25) is 0 Å². The maximum Gasteiger partial charge on any atom is 0.341 e. The fourth-order valence-corrected chi connectivity index (χ4v) is 5.38. The summed E-state index contributed by atoms with van der Waals surface area (Å²) in [5.74, 6) is -0.830. The molecule has 0 aliphatic carbocycles. The van der Waals surface area contributed by atoms with Crippen molar-refractivity contribution in [2.24, 2.45) is 0 Å². The molecule has 0 radical (unpaired) electrons. The Morgan fingerprint density at radius 2 is 1.72 bits per heavy atom. The Hall–Kier alpha value is -3.81. The van der Waals surface area contributed by atoms with Crippen molar-refractivity contribution in [3.05, 3.63) is 105 Å². The van der Waals surface area contributed by atoms with Crippen LogP contribution in [0.5, 0.6) is 0 Å². The third-order valence-corrected chi connectivity index (χ3v) is 7.24. The number of halogens is 1. The fourth-order valence-electron chi connectivity index (χ4n) is 4.03. The normalized spacial score (nSPS) is 10.9. The Labute approximate surface area is 220 Å². The van der Waals surface area contributed by atoms with Crippen molar-refractivity contribution >= 4 is 55.0 Å². The number of esters is 1. The summed E-state index contributed by atoms with van der Waals surface area (Å²) in [6, 6.07) is 25.0. The van der Waals surface area contributed by atoms with Gasteiger partial charge in [0.05, 0.1) is 23.9 Å². The molecule has 0 aliphatic rings. The average molecular weight is 557 g/mol. The van der Waals surface area contributed by atoms with Gasteiger partial charge < -0.3 is 10.1 Å². The van der Waals surface area contributed by atoms with Crippen molar-refractivity contribution < 1.29 is 14.3 Å². The molecule has 1 amide bonds. The first-order valence-electron chi connectivity index (χ1n) is 11.2. The second-order valence-corrected chi connectivity index (χ2v) is 10.0. The van der Waals surface area contributed by atoms with E-state index in [9.17, 15) is 9.59 Å². The molecule has 0 spiro atoms. The molecule has 0 saturated heterocycles. The number of nitrogens with one attached hydrogen (secondary N) is 1. The molecule has 0 saturated carbocycles. The van der Waals surface area contributed by atoms with E-state index in [4.69, 9.17) is 9.72 Å². The molecule has 5 rings (SSSR count). The van der Waals surface area contributed by atoms with Crippen LogP contribution < -0.4 is 5.32 Å². The van der Waals surface area contributed by atoms with Gasteiger partial charge in [0, 0.05) is 26.4 Å². The molecule has 7 heteroatoms. The molecule has 1 N–H and O–H groups in total. The van der Waals surface area contributed by atoms with Crippen molar-refractivity contribution in [2.75, 3.05) is 12.4 Å². The number of aromatic nitrogens is 1. The molecule has 0 aliphatic heterocycles. The summed E-state index contributed by atoms with van der Waals surface area (Å²) in [6.07, 6.45) is 0. The zero-order valence-corrected chi connectivity index (χ0v) is 21.9. The summed E-state index contributed by atoms with van der Waals surface area (Å²) in [6.45, 7) is 2.01. The molecule has 36 heavy (non-hydrogen) atoms. The molecule has 178 valence electrons. The highest BCUT2D eigenvalue weighted by Gasteiger charge is 2.24. The first kappa shape index (κ1) is 23.9. The Balaban J connectivity index is 1.58. The van der Waals surface area contributed by atoms with Crippen LogP contribution in [0.25, 0.3) is 33.3 Å². The topological polar surface area (TPSA) is 68.3 Å². The van der Waals surface area contributed by atoms with E-state index < -0.39 is 5.97 Å². The van der Waals surface area contributed by atoms with Gasteiger partial charge in [-0.15, -0.1) is 11.3 Å². The largest absolute Gasteiger partial charge is 0.465 e. The number of amides is 1. The van der Waals surface area contributed by atoms with Crippen molar-refractivity contribution in [1.29, 1.82) is 0 Å². The SMILES string of the molecule is COC(=O)c1c(-c2ccc(C)cc2)csc1NC(=O)c1cc(-c2cccc(Br)c2)nc2ccccc12. The van der Waals surface area contributed by atoms with E-state index in [1.165, 1.54) is 18.4 Å². The third-order valence-electron chi connectivity index (χ3n) is 5.85. The fraction of sp³-hybridized carbons (Fsp3) is 0.0690. The Kier molecular flexibility index (Phi) is 6.67. The predicted molar refractivity (Wildman–Crippen MR) is 149 cm³/mol. The Morgan fingerprint density at radius 3 is 2.47 bits per heavy atom. The van der Waals surface area contributed by atoms with Crippen LogP contribution in [0.4, 0.5) is 5.00 Å². The molecule has 0 unspecified atom stereocenters. The van der Waals surface area contributed by atoms with Crippen LogP contribution in [-0.4, -0.2) is 24.0 Å². The highest BCUT2D eigenvalue weighted by atomic mass is 79.9. The number of benzene rings is 3. The highest BCUT2D eigenvalue weighted by Crippen LogP contribution is 2.37. The second kappa shape index (κ2) is 10.0. The summed E-state index contributed by atoms with van der Waals surface area (Å²) in [7, 11) is 1.34. The van der Waals surface area contributed by atoms with Crippen molar-refractivity contribution in [3.63, 3.8) is 0 Å². The number of hydrogen-bond donors (Lipinski definition) is 1. The molecular formula is C29H21BrN2O3S. The minimum absolute atomic E-state index is 0.327. The van der Waals surface area contributed by atoms with Gasteiger partial charge in [-0.2, -0.15) is 0 Å². The van der Waals surface area contributed by atoms with Crippen molar-refractivity contribution in [1.82, 2.24) is 4.98 Å². The lowest BCUT2D eigenvalue weighted by atomic mass is 10.0. The van der Waals surface area contributed by atoms with E-state index in [1.807, 2.05) is 85.1 Å². The van der Waals surface area contributed by atoms with Gasteiger partial charge in [-0.25, -0.2) is 9.78 Å². The van der Waals surface area contributed by atoms with E-state index in [-0.39, 0.29) is 5.91 Å². The van der Waals surface area contributed by atoms with Crippen molar-refractivity contribution in [2.45, 2.75) is 6.92 Å². The van der Waals surface area contributed by atoms with Gasteiger partial charge in [0.25, 0.3) is 5.91 Å². The molecular weight excluding hydrogens is 536 g/mol. The monoisotopic (exact) mass is 556 g/mol. The number of carbonyl (C=O) groups is 2. The van der Waals surface area contributed by atoms with Gasteiger partial charge in [-0.05, 0) is 36.8 Å². The Bertz CT molecular complexity index is 1610. The van der Waals surface area contributed by atoms with Gasteiger partial charge in [0.1, 0.15) is 10.6 Å². The standard InChI is InChI=1S/C29H21BrN2O3S/c1-17-10-12-18(13-11-17)23-16-36-28(26(23)29(34)35-2)32-27(33)22-15-25(19-6-5-7-20(30)14-19)31-24-9-4-3-8-21(22)24/h3-16H,1-2H3,(H,32,33). The van der Waals surface area contributed by atoms with Crippen LogP contribution in [0.3, 0.4) is 0 Å². The first-order chi connectivity index (χ1) is 17.4. The van der Waals surface area contributed by atoms with Gasteiger partial charge in [0.15, 0.2) is 0 Å². The molecule has 3 aromatic carbocycles.